The van der Waals surface area contributed by atoms with Crippen molar-refractivity contribution in [2.24, 2.45) is 5.92 Å². The summed E-state index contributed by atoms with van der Waals surface area (Å²) >= 11 is 0. The van der Waals surface area contributed by atoms with Crippen molar-refractivity contribution in [2.45, 2.75) is 26.3 Å². The molecule has 1 aromatic rings. The van der Waals surface area contributed by atoms with E-state index in [2.05, 4.69) is 12.2 Å². The van der Waals surface area contributed by atoms with Gasteiger partial charge in [0.25, 0.3) is 0 Å². The van der Waals surface area contributed by atoms with Crippen molar-refractivity contribution in [1.29, 1.82) is 0 Å². The Bertz CT molecular complexity index is 537. The molecule has 6 nitrogen and oxygen atoms in total. The number of benzene rings is 1. The first-order valence-corrected chi connectivity index (χ1v) is 7.85. The van der Waals surface area contributed by atoms with Gasteiger partial charge in [0.2, 0.25) is 5.75 Å². The highest BCUT2D eigenvalue weighted by atomic mass is 16.5. The van der Waals surface area contributed by atoms with Crippen LogP contribution in [0.4, 0.5) is 4.79 Å². The minimum atomic E-state index is -0.160. The number of nitrogens with zero attached hydrogens (tertiary/aromatic N) is 1. The van der Waals surface area contributed by atoms with Crippen LogP contribution in [0.1, 0.15) is 31.9 Å². The van der Waals surface area contributed by atoms with E-state index in [1.807, 2.05) is 24.0 Å². The molecule has 0 radical (unpaired) electrons. The Kier molecular flexibility index (Phi) is 5.58. The average molecular weight is 322 g/mol. The van der Waals surface area contributed by atoms with Crippen molar-refractivity contribution >= 4 is 6.03 Å². The van der Waals surface area contributed by atoms with Crippen LogP contribution in [-0.2, 0) is 0 Å². The molecule has 1 saturated heterocycles. The first-order chi connectivity index (χ1) is 11.0. The molecule has 1 aliphatic rings. The Hall–Kier alpha value is -2.11. The zero-order chi connectivity index (χ0) is 17.0. The summed E-state index contributed by atoms with van der Waals surface area (Å²) in [5.41, 5.74) is 0.903. The number of amides is 2. The molecular weight excluding hydrogens is 296 g/mol. The molecule has 2 amide bonds. The van der Waals surface area contributed by atoms with Crippen LogP contribution in [0.2, 0.25) is 0 Å². The first kappa shape index (κ1) is 17.2. The predicted molar refractivity (Wildman–Crippen MR) is 88.4 cm³/mol. The largest absolute Gasteiger partial charge is 0.493 e. The summed E-state index contributed by atoms with van der Waals surface area (Å²) in [7, 11) is 4.73. The van der Waals surface area contributed by atoms with Crippen molar-refractivity contribution in [3.63, 3.8) is 0 Å². The van der Waals surface area contributed by atoms with Crippen LogP contribution in [0.5, 0.6) is 17.2 Å². The van der Waals surface area contributed by atoms with Gasteiger partial charge in [-0.1, -0.05) is 6.92 Å². The number of likely N-dealkylation sites (tertiary alicyclic amines) is 1. The molecule has 128 valence electrons. The fraction of sp³-hybridized carbons (Fsp3) is 0.588. The van der Waals surface area contributed by atoms with Crippen LogP contribution >= 0.6 is 0 Å². The van der Waals surface area contributed by atoms with Gasteiger partial charge in [0.05, 0.1) is 27.4 Å². The molecule has 0 aromatic heterocycles. The van der Waals surface area contributed by atoms with Crippen LogP contribution in [0, 0.1) is 5.92 Å². The van der Waals surface area contributed by atoms with Crippen LogP contribution in [-0.4, -0.2) is 45.3 Å². The molecule has 2 atom stereocenters. The Morgan fingerprint density at radius 3 is 2.26 bits per heavy atom. The van der Waals surface area contributed by atoms with E-state index in [0.29, 0.717) is 23.2 Å². The molecule has 1 aromatic carbocycles. The van der Waals surface area contributed by atoms with Gasteiger partial charge < -0.3 is 24.4 Å². The molecule has 2 rings (SSSR count). The summed E-state index contributed by atoms with van der Waals surface area (Å²) in [5.74, 6) is 2.28. The van der Waals surface area contributed by atoms with E-state index in [4.69, 9.17) is 14.2 Å². The zero-order valence-corrected chi connectivity index (χ0v) is 14.5. The van der Waals surface area contributed by atoms with Crippen LogP contribution < -0.4 is 19.5 Å². The Labute approximate surface area is 137 Å². The smallest absolute Gasteiger partial charge is 0.317 e. The third-order valence-electron chi connectivity index (χ3n) is 4.24. The number of hydrogen-bond acceptors (Lipinski definition) is 4. The van der Waals surface area contributed by atoms with Gasteiger partial charge in [0, 0.05) is 13.1 Å². The maximum Gasteiger partial charge on any atom is 0.317 e. The van der Waals surface area contributed by atoms with Gasteiger partial charge in [-0.3, -0.25) is 0 Å². The van der Waals surface area contributed by atoms with Gasteiger partial charge >= 0.3 is 6.03 Å². The van der Waals surface area contributed by atoms with Gasteiger partial charge in [-0.05, 0) is 37.0 Å². The highest BCUT2D eigenvalue weighted by molar-refractivity contribution is 5.75. The van der Waals surface area contributed by atoms with Crippen LogP contribution in [0.15, 0.2) is 12.1 Å². The average Bonchev–Trinajstić information content (AvgIpc) is 2.99. The van der Waals surface area contributed by atoms with E-state index in [9.17, 15) is 4.79 Å². The fourth-order valence-corrected chi connectivity index (χ4v) is 2.83. The number of methoxy groups -OCH3 is 3. The highest BCUT2D eigenvalue weighted by Gasteiger charge is 2.25. The summed E-state index contributed by atoms with van der Waals surface area (Å²) in [6.07, 6.45) is 1.06. The molecule has 0 spiro atoms. The Morgan fingerprint density at radius 1 is 1.22 bits per heavy atom. The van der Waals surface area contributed by atoms with Gasteiger partial charge in [-0.2, -0.15) is 0 Å². The second kappa shape index (κ2) is 7.44. The first-order valence-electron chi connectivity index (χ1n) is 7.85. The van der Waals surface area contributed by atoms with Gasteiger partial charge in [0.15, 0.2) is 11.5 Å². The van der Waals surface area contributed by atoms with E-state index >= 15 is 0 Å². The molecule has 0 bridgehead atoms. The van der Waals surface area contributed by atoms with Crippen LogP contribution in [0.25, 0.3) is 0 Å². The Morgan fingerprint density at radius 2 is 1.83 bits per heavy atom. The minimum absolute atomic E-state index is 0.0319. The SMILES string of the molecule is COc1cc([C@@H](C)NC(=O)N2CC[C@@H](C)C2)cc(OC)c1OC. The quantitative estimate of drug-likeness (QED) is 0.905. The number of hydrogen-bond donors (Lipinski definition) is 1. The van der Waals surface area contributed by atoms with Gasteiger partial charge in [-0.15, -0.1) is 0 Å². The fourth-order valence-electron chi connectivity index (χ4n) is 2.83. The lowest BCUT2D eigenvalue weighted by Crippen LogP contribution is -2.39. The minimum Gasteiger partial charge on any atom is -0.493 e. The number of carbonyl (C=O) groups is 1. The number of ether oxygens (including phenoxy) is 3. The second-order valence-electron chi connectivity index (χ2n) is 5.97. The second-order valence-corrected chi connectivity index (χ2v) is 5.97. The topological polar surface area (TPSA) is 60.0 Å². The summed E-state index contributed by atoms with van der Waals surface area (Å²) in [6.45, 7) is 5.73. The molecule has 1 N–H and O–H groups in total. The standard InChI is InChI=1S/C17H26N2O4/c1-11-6-7-19(10-11)17(20)18-12(2)13-8-14(21-3)16(23-5)15(9-13)22-4/h8-9,11-12H,6-7,10H2,1-5H3,(H,18,20)/t11-,12-/m1/s1. The molecule has 6 heteroatoms. The third kappa shape index (κ3) is 3.81. The molecule has 1 fully saturated rings. The van der Waals surface area contributed by atoms with E-state index in [0.717, 1.165) is 25.1 Å². The maximum atomic E-state index is 12.3. The van der Waals surface area contributed by atoms with Crippen LogP contribution in [0.3, 0.4) is 0 Å². The van der Waals surface area contributed by atoms with Gasteiger partial charge in [-0.25, -0.2) is 4.79 Å². The third-order valence-corrected chi connectivity index (χ3v) is 4.24. The summed E-state index contributed by atoms with van der Waals surface area (Å²) < 4.78 is 16.0. The van der Waals surface area contributed by atoms with E-state index < -0.39 is 0 Å². The number of urea groups is 1. The van der Waals surface area contributed by atoms with E-state index in [1.54, 1.807) is 21.3 Å². The zero-order valence-electron chi connectivity index (χ0n) is 14.5. The lowest BCUT2D eigenvalue weighted by atomic mass is 10.1. The Balaban J connectivity index is 2.15. The van der Waals surface area contributed by atoms with Crippen molar-refractivity contribution in [3.05, 3.63) is 17.7 Å². The normalized spacial score (nSPS) is 18.5. The van der Waals surface area contributed by atoms with Crippen molar-refractivity contribution in [1.82, 2.24) is 10.2 Å². The number of carbonyl (C=O) groups excluding carboxylic acids is 1. The van der Waals surface area contributed by atoms with Crippen molar-refractivity contribution < 1.29 is 19.0 Å². The monoisotopic (exact) mass is 322 g/mol. The lowest BCUT2D eigenvalue weighted by molar-refractivity contribution is 0.204. The molecule has 0 unspecified atom stereocenters. The molecular formula is C17H26N2O4. The van der Waals surface area contributed by atoms with Gasteiger partial charge in [0.1, 0.15) is 0 Å². The lowest BCUT2D eigenvalue weighted by Gasteiger charge is -2.22. The maximum absolute atomic E-state index is 12.3. The molecule has 1 aliphatic heterocycles. The molecule has 0 saturated carbocycles. The summed E-state index contributed by atoms with van der Waals surface area (Å²) in [4.78, 5) is 14.2. The summed E-state index contributed by atoms with van der Waals surface area (Å²) in [6, 6.07) is 3.53. The highest BCUT2D eigenvalue weighted by Crippen LogP contribution is 2.39. The van der Waals surface area contributed by atoms with Crippen molar-refractivity contribution in [2.75, 3.05) is 34.4 Å². The summed E-state index contributed by atoms with van der Waals surface area (Å²) in [5, 5.41) is 3.03. The molecule has 0 aliphatic carbocycles. The number of rotatable bonds is 5. The number of nitrogens with one attached hydrogen (secondary N) is 1. The van der Waals surface area contributed by atoms with E-state index in [-0.39, 0.29) is 12.1 Å². The van der Waals surface area contributed by atoms with Crippen molar-refractivity contribution in [3.8, 4) is 17.2 Å². The van der Waals surface area contributed by atoms with E-state index in [1.165, 1.54) is 0 Å². The molecule has 1 heterocycles. The predicted octanol–water partition coefficient (Wildman–Crippen LogP) is 2.82. The molecule has 23 heavy (non-hydrogen) atoms.